The lowest BCUT2D eigenvalue weighted by Crippen LogP contribution is -2.12. The summed E-state index contributed by atoms with van der Waals surface area (Å²) in [5.74, 6) is -0.0140. The van der Waals surface area contributed by atoms with E-state index in [9.17, 15) is 8.78 Å². The van der Waals surface area contributed by atoms with Crippen LogP contribution in [0.15, 0.2) is 0 Å². The molecule has 1 nitrogen and oxygen atoms in total. The molecule has 4 heteroatoms. The quantitative estimate of drug-likeness (QED) is 0.574. The molecule has 0 aliphatic rings. The van der Waals surface area contributed by atoms with Gasteiger partial charge in [-0.25, -0.2) is 4.39 Å². The van der Waals surface area contributed by atoms with E-state index in [1.807, 2.05) is 6.92 Å². The summed E-state index contributed by atoms with van der Waals surface area (Å²) in [5, 5.41) is 0. The summed E-state index contributed by atoms with van der Waals surface area (Å²) >= 11 is 0. The van der Waals surface area contributed by atoms with Crippen LogP contribution in [0.25, 0.3) is 0 Å². The number of alkyl halides is 2. The van der Waals surface area contributed by atoms with Crippen LogP contribution in [0.5, 0.6) is 0 Å². The summed E-state index contributed by atoms with van der Waals surface area (Å²) in [5.41, 5.74) is 0. The van der Waals surface area contributed by atoms with Gasteiger partial charge in [0.15, 0.2) is 0 Å². The van der Waals surface area contributed by atoms with Gasteiger partial charge in [0.05, 0.1) is 19.5 Å². The Balaban J connectivity index is 0. The fraction of sp³-hybridized carbons (Fsp3) is 1.00. The van der Waals surface area contributed by atoms with Crippen molar-refractivity contribution in [2.45, 2.75) is 32.9 Å². The zero-order valence-corrected chi connectivity index (χ0v) is 8.26. The highest BCUT2D eigenvalue weighted by molar-refractivity contribution is 4.53. The standard InChI is InChI=1S/C9H18F2O.FH/c1-3-9(6-10)7-12-5-4-8(2)11;/h8-9H,3-7H2,1-2H3;1H. The molecule has 2 atom stereocenters. The molecule has 0 spiro atoms. The van der Waals surface area contributed by atoms with Crippen LogP contribution in [0.2, 0.25) is 0 Å². The first kappa shape index (κ1) is 15.2. The molecule has 0 bridgehead atoms. The van der Waals surface area contributed by atoms with Crippen LogP contribution in [0.1, 0.15) is 26.7 Å². The molecule has 0 fully saturated rings. The van der Waals surface area contributed by atoms with Crippen molar-refractivity contribution in [1.29, 1.82) is 0 Å². The smallest absolute Gasteiger partial charge is 0.0995 e. The molecule has 0 aromatic rings. The Kier molecular flexibility index (Phi) is 11.5. The van der Waals surface area contributed by atoms with Crippen molar-refractivity contribution in [1.82, 2.24) is 0 Å². The van der Waals surface area contributed by atoms with E-state index in [-0.39, 0.29) is 17.3 Å². The third-order valence-electron chi connectivity index (χ3n) is 1.81. The van der Waals surface area contributed by atoms with Gasteiger partial charge in [-0.3, -0.25) is 9.09 Å². The van der Waals surface area contributed by atoms with E-state index in [1.54, 1.807) is 0 Å². The predicted octanol–water partition coefficient (Wildman–Crippen LogP) is 2.90. The fourth-order valence-electron chi connectivity index (χ4n) is 0.767. The normalized spacial score (nSPS) is 14.8. The SMILES string of the molecule is CCC(CF)COCCC(C)F.F. The third kappa shape index (κ3) is 9.67. The van der Waals surface area contributed by atoms with E-state index in [0.717, 1.165) is 6.42 Å². The van der Waals surface area contributed by atoms with Gasteiger partial charge in [0.1, 0.15) is 0 Å². The van der Waals surface area contributed by atoms with Crippen molar-refractivity contribution in [2.75, 3.05) is 19.9 Å². The van der Waals surface area contributed by atoms with Gasteiger partial charge in [0.2, 0.25) is 0 Å². The van der Waals surface area contributed by atoms with Crippen LogP contribution in [-0.4, -0.2) is 26.1 Å². The van der Waals surface area contributed by atoms with E-state index in [2.05, 4.69) is 0 Å². The molecule has 0 aliphatic heterocycles. The summed E-state index contributed by atoms with van der Waals surface area (Å²) in [7, 11) is 0. The van der Waals surface area contributed by atoms with E-state index < -0.39 is 6.17 Å². The minimum Gasteiger partial charge on any atom is -0.381 e. The largest absolute Gasteiger partial charge is 0.381 e. The topological polar surface area (TPSA) is 9.23 Å². The first-order valence-electron chi connectivity index (χ1n) is 4.48. The fourth-order valence-corrected chi connectivity index (χ4v) is 0.767. The van der Waals surface area contributed by atoms with Crippen molar-refractivity contribution in [3.8, 4) is 0 Å². The molecule has 0 amide bonds. The number of rotatable bonds is 7. The van der Waals surface area contributed by atoms with Gasteiger partial charge in [-0.15, -0.1) is 0 Å². The first-order chi connectivity index (χ1) is 5.70. The Morgan fingerprint density at radius 2 is 2.00 bits per heavy atom. The number of hydrogen-bond donors (Lipinski definition) is 0. The Morgan fingerprint density at radius 1 is 1.38 bits per heavy atom. The lowest BCUT2D eigenvalue weighted by atomic mass is 10.1. The Bertz CT molecular complexity index is 94.9. The predicted molar refractivity (Wildman–Crippen MR) is 48.3 cm³/mol. The zero-order chi connectivity index (χ0) is 9.40. The molecular formula is C9H19F3O. The molecule has 0 aliphatic carbocycles. The Hall–Kier alpha value is -0.250. The van der Waals surface area contributed by atoms with Gasteiger partial charge >= 0.3 is 0 Å². The third-order valence-corrected chi connectivity index (χ3v) is 1.81. The van der Waals surface area contributed by atoms with E-state index >= 15 is 0 Å². The molecule has 0 saturated carbocycles. The molecule has 13 heavy (non-hydrogen) atoms. The van der Waals surface area contributed by atoms with Crippen LogP contribution >= 0.6 is 0 Å². The molecule has 82 valence electrons. The lowest BCUT2D eigenvalue weighted by molar-refractivity contribution is 0.0755. The second-order valence-electron chi connectivity index (χ2n) is 3.07. The van der Waals surface area contributed by atoms with Crippen LogP contribution in [0.3, 0.4) is 0 Å². The highest BCUT2D eigenvalue weighted by Crippen LogP contribution is 2.04. The molecule has 0 saturated heterocycles. The first-order valence-corrected chi connectivity index (χ1v) is 4.48. The molecule has 0 radical (unpaired) electrons. The van der Waals surface area contributed by atoms with Crippen molar-refractivity contribution >= 4 is 0 Å². The molecule has 0 aromatic carbocycles. The second kappa shape index (κ2) is 9.84. The lowest BCUT2D eigenvalue weighted by Gasteiger charge is -2.10. The van der Waals surface area contributed by atoms with Crippen molar-refractivity contribution in [2.24, 2.45) is 5.92 Å². The molecule has 0 N–H and O–H groups in total. The van der Waals surface area contributed by atoms with Crippen molar-refractivity contribution in [3.05, 3.63) is 0 Å². The van der Waals surface area contributed by atoms with Gasteiger partial charge in [0, 0.05) is 18.9 Å². The molecule has 0 rings (SSSR count). The van der Waals surface area contributed by atoms with Gasteiger partial charge < -0.3 is 4.74 Å². The van der Waals surface area contributed by atoms with Gasteiger partial charge in [0.25, 0.3) is 0 Å². The highest BCUT2D eigenvalue weighted by atomic mass is 19.1. The van der Waals surface area contributed by atoms with Crippen LogP contribution in [0, 0.1) is 5.92 Å². The summed E-state index contributed by atoms with van der Waals surface area (Å²) in [4.78, 5) is 0. The van der Waals surface area contributed by atoms with E-state index in [0.29, 0.717) is 19.6 Å². The maximum absolute atomic E-state index is 12.2. The van der Waals surface area contributed by atoms with Crippen molar-refractivity contribution in [3.63, 3.8) is 0 Å². The van der Waals surface area contributed by atoms with Crippen LogP contribution in [0.4, 0.5) is 13.5 Å². The maximum atomic E-state index is 12.2. The van der Waals surface area contributed by atoms with E-state index in [1.165, 1.54) is 6.92 Å². The average molecular weight is 200 g/mol. The van der Waals surface area contributed by atoms with Gasteiger partial charge in [-0.1, -0.05) is 6.92 Å². The van der Waals surface area contributed by atoms with Crippen LogP contribution < -0.4 is 0 Å². The summed E-state index contributed by atoms with van der Waals surface area (Å²) < 4.78 is 29.4. The molecule has 0 aromatic heterocycles. The minimum atomic E-state index is -0.824. The maximum Gasteiger partial charge on any atom is 0.0995 e. The molecular weight excluding hydrogens is 181 g/mol. The summed E-state index contributed by atoms with van der Waals surface area (Å²) in [6, 6.07) is 0. The summed E-state index contributed by atoms with van der Waals surface area (Å²) in [6.45, 7) is 3.89. The monoisotopic (exact) mass is 200 g/mol. The molecule has 0 heterocycles. The van der Waals surface area contributed by atoms with Gasteiger partial charge in [-0.05, 0) is 13.3 Å². The minimum absolute atomic E-state index is 0. The number of hydrogen-bond acceptors (Lipinski definition) is 1. The van der Waals surface area contributed by atoms with Crippen molar-refractivity contribution < 1.29 is 18.2 Å². The number of ether oxygens (including phenoxy) is 1. The van der Waals surface area contributed by atoms with E-state index in [4.69, 9.17) is 4.74 Å². The Labute approximate surface area is 77.8 Å². The second-order valence-corrected chi connectivity index (χ2v) is 3.07. The number of halogens is 3. The zero-order valence-electron chi connectivity index (χ0n) is 8.26. The molecule has 2 unspecified atom stereocenters. The van der Waals surface area contributed by atoms with Crippen LogP contribution in [-0.2, 0) is 4.74 Å². The Morgan fingerprint density at radius 3 is 2.38 bits per heavy atom. The van der Waals surface area contributed by atoms with Gasteiger partial charge in [-0.2, -0.15) is 0 Å². The summed E-state index contributed by atoms with van der Waals surface area (Å²) in [6.07, 6.45) is 0.361. The highest BCUT2D eigenvalue weighted by Gasteiger charge is 2.05. The average Bonchev–Trinajstić information content (AvgIpc) is 2.04.